The summed E-state index contributed by atoms with van der Waals surface area (Å²) in [5.74, 6) is -1.76. The first-order valence-corrected chi connectivity index (χ1v) is 11.9. The average Bonchev–Trinajstić information content (AvgIpc) is 2.84. The van der Waals surface area contributed by atoms with Gasteiger partial charge < -0.3 is 10.4 Å². The van der Waals surface area contributed by atoms with Crippen molar-refractivity contribution in [3.8, 4) is 0 Å². The number of amides is 1. The number of carbonyl (C=O) groups excluding carboxylic acids is 1. The monoisotopic (exact) mass is 474 g/mol. The van der Waals surface area contributed by atoms with Crippen molar-refractivity contribution in [1.29, 1.82) is 0 Å². The van der Waals surface area contributed by atoms with Gasteiger partial charge in [0.1, 0.15) is 10.7 Å². The molecule has 0 unspecified atom stereocenters. The second-order valence-corrected chi connectivity index (χ2v) is 9.62. The molecule has 1 heterocycles. The van der Waals surface area contributed by atoms with Gasteiger partial charge in [0.25, 0.3) is 15.9 Å². The van der Waals surface area contributed by atoms with Crippen molar-refractivity contribution in [2.24, 2.45) is 0 Å². The maximum absolute atomic E-state index is 13.9. The first-order chi connectivity index (χ1) is 16.4. The number of benzene rings is 4. The fraction of sp³-hybridized carbons (Fsp3) is 0.0385. The van der Waals surface area contributed by atoms with Crippen molar-refractivity contribution < 1.29 is 22.7 Å². The third-order valence-electron chi connectivity index (χ3n) is 5.64. The molecular formula is C26H19FN2O4S. The number of sulfonamides is 1. The summed E-state index contributed by atoms with van der Waals surface area (Å²) in [6.45, 7) is -0.165. The summed E-state index contributed by atoms with van der Waals surface area (Å²) < 4.78 is 42.1. The van der Waals surface area contributed by atoms with E-state index in [2.05, 4.69) is 5.32 Å². The summed E-state index contributed by atoms with van der Waals surface area (Å²) >= 11 is 0. The largest absolute Gasteiger partial charge is 0.505 e. The number of aliphatic hydroxyl groups excluding tert-OH is 1. The molecule has 0 aromatic heterocycles. The van der Waals surface area contributed by atoms with Crippen LogP contribution in [0.25, 0.3) is 16.5 Å². The van der Waals surface area contributed by atoms with E-state index in [0.717, 1.165) is 4.31 Å². The summed E-state index contributed by atoms with van der Waals surface area (Å²) in [6.07, 6.45) is 0. The van der Waals surface area contributed by atoms with Crippen LogP contribution in [0.2, 0.25) is 0 Å². The van der Waals surface area contributed by atoms with Crippen molar-refractivity contribution in [2.45, 2.75) is 11.4 Å². The first-order valence-electron chi connectivity index (χ1n) is 10.5. The van der Waals surface area contributed by atoms with Crippen molar-refractivity contribution in [2.75, 3.05) is 5.32 Å². The number of anilines is 1. The van der Waals surface area contributed by atoms with E-state index in [1.54, 1.807) is 60.7 Å². The van der Waals surface area contributed by atoms with Crippen LogP contribution in [0.4, 0.5) is 10.1 Å². The zero-order valence-corrected chi connectivity index (χ0v) is 18.6. The predicted molar refractivity (Wildman–Crippen MR) is 128 cm³/mol. The van der Waals surface area contributed by atoms with Gasteiger partial charge in [-0.3, -0.25) is 9.10 Å². The molecule has 1 amide bonds. The molecular weight excluding hydrogens is 455 g/mol. The van der Waals surface area contributed by atoms with E-state index in [9.17, 15) is 22.7 Å². The Morgan fingerprint density at radius 2 is 1.56 bits per heavy atom. The summed E-state index contributed by atoms with van der Waals surface area (Å²) in [6, 6.07) is 24.0. The normalized spacial score (nSPS) is 14.7. The van der Waals surface area contributed by atoms with Crippen molar-refractivity contribution in [3.05, 3.63) is 114 Å². The Hall–Kier alpha value is -4.17. The van der Waals surface area contributed by atoms with Gasteiger partial charge in [0.05, 0.1) is 6.54 Å². The Morgan fingerprint density at radius 1 is 0.882 bits per heavy atom. The van der Waals surface area contributed by atoms with Crippen molar-refractivity contribution >= 4 is 38.1 Å². The Balaban J connectivity index is 1.70. The van der Waals surface area contributed by atoms with Crippen LogP contribution in [-0.4, -0.2) is 23.7 Å². The number of rotatable bonds is 4. The van der Waals surface area contributed by atoms with Crippen LogP contribution in [0.1, 0.15) is 11.1 Å². The highest BCUT2D eigenvalue weighted by Gasteiger charge is 2.41. The lowest BCUT2D eigenvalue weighted by Gasteiger charge is -2.32. The number of nitrogens with zero attached hydrogens (tertiary/aromatic N) is 1. The SMILES string of the molecule is O=C(Nc1ccc(F)cc1)C1=C(O)c2ccc3ccccc3c2S(=O)(=O)N1Cc1ccccc1. The van der Waals surface area contributed by atoms with Gasteiger partial charge in [0.2, 0.25) is 0 Å². The summed E-state index contributed by atoms with van der Waals surface area (Å²) in [5, 5.41) is 14.9. The lowest BCUT2D eigenvalue weighted by Crippen LogP contribution is -2.39. The standard InChI is InChI=1S/C26H19FN2O4S/c27-19-11-13-20(14-12-19)28-26(31)23-24(30)22-15-10-18-8-4-5-9-21(18)25(22)34(32,33)29(23)16-17-6-2-1-3-7-17/h1-15,30H,16H2,(H,28,31). The van der Waals surface area contributed by atoms with E-state index in [4.69, 9.17) is 0 Å². The molecule has 0 spiro atoms. The number of carbonyl (C=O) groups is 1. The van der Waals surface area contributed by atoms with Crippen LogP contribution in [0.15, 0.2) is 102 Å². The zero-order valence-electron chi connectivity index (χ0n) is 17.8. The third-order valence-corrected chi connectivity index (χ3v) is 7.49. The Bertz CT molecular complexity index is 1550. The summed E-state index contributed by atoms with van der Waals surface area (Å²) in [7, 11) is -4.24. The van der Waals surface area contributed by atoms with E-state index in [0.29, 0.717) is 16.3 Å². The molecule has 8 heteroatoms. The number of halogens is 1. The van der Waals surface area contributed by atoms with Crippen LogP contribution < -0.4 is 5.32 Å². The van der Waals surface area contributed by atoms with E-state index in [1.807, 2.05) is 0 Å². The fourth-order valence-corrected chi connectivity index (χ4v) is 5.90. The fourth-order valence-electron chi connectivity index (χ4n) is 4.04. The Kier molecular flexibility index (Phi) is 5.30. The van der Waals surface area contributed by atoms with Crippen LogP contribution in [0.5, 0.6) is 0 Å². The molecule has 170 valence electrons. The smallest absolute Gasteiger partial charge is 0.276 e. The van der Waals surface area contributed by atoms with Gasteiger partial charge in [-0.2, -0.15) is 0 Å². The molecule has 0 aliphatic carbocycles. The minimum absolute atomic E-state index is 0.0484. The predicted octanol–water partition coefficient (Wildman–Crippen LogP) is 5.05. The maximum atomic E-state index is 13.9. The van der Waals surface area contributed by atoms with Gasteiger partial charge >= 0.3 is 0 Å². The molecule has 6 nitrogen and oxygen atoms in total. The van der Waals surface area contributed by atoms with Crippen LogP contribution in [0.3, 0.4) is 0 Å². The van der Waals surface area contributed by atoms with Gasteiger partial charge in [-0.05, 0) is 41.3 Å². The first kappa shape index (κ1) is 21.7. The third kappa shape index (κ3) is 3.68. The highest BCUT2D eigenvalue weighted by atomic mass is 32.2. The molecule has 4 aromatic carbocycles. The van der Waals surface area contributed by atoms with Crippen LogP contribution in [-0.2, 0) is 21.4 Å². The number of nitrogens with one attached hydrogen (secondary N) is 1. The molecule has 0 saturated carbocycles. The van der Waals surface area contributed by atoms with Crippen molar-refractivity contribution in [1.82, 2.24) is 4.31 Å². The van der Waals surface area contributed by atoms with Gasteiger partial charge in [0.15, 0.2) is 11.5 Å². The number of hydrogen-bond acceptors (Lipinski definition) is 4. The van der Waals surface area contributed by atoms with E-state index in [-0.39, 0.29) is 22.7 Å². The lowest BCUT2D eigenvalue weighted by molar-refractivity contribution is -0.113. The van der Waals surface area contributed by atoms with Gasteiger partial charge in [-0.1, -0.05) is 60.7 Å². The number of hydrogen-bond donors (Lipinski definition) is 2. The molecule has 0 bridgehead atoms. The van der Waals surface area contributed by atoms with Crippen molar-refractivity contribution in [3.63, 3.8) is 0 Å². The van der Waals surface area contributed by atoms with Gasteiger partial charge in [0, 0.05) is 16.6 Å². The topological polar surface area (TPSA) is 86.7 Å². The number of aliphatic hydroxyl groups is 1. The molecule has 4 aromatic rings. The highest BCUT2D eigenvalue weighted by Crippen LogP contribution is 2.40. The molecule has 0 atom stereocenters. The van der Waals surface area contributed by atoms with E-state index < -0.39 is 33.2 Å². The van der Waals surface area contributed by atoms with E-state index in [1.165, 1.54) is 30.3 Å². The van der Waals surface area contributed by atoms with Crippen LogP contribution in [0, 0.1) is 5.82 Å². The molecule has 1 aliphatic heterocycles. The molecule has 34 heavy (non-hydrogen) atoms. The van der Waals surface area contributed by atoms with E-state index >= 15 is 0 Å². The molecule has 1 aliphatic rings. The Morgan fingerprint density at radius 3 is 2.29 bits per heavy atom. The second-order valence-electron chi connectivity index (χ2n) is 7.82. The zero-order chi connectivity index (χ0) is 23.9. The molecule has 0 fully saturated rings. The minimum Gasteiger partial charge on any atom is -0.505 e. The molecule has 0 radical (unpaired) electrons. The Labute approximate surface area is 195 Å². The van der Waals surface area contributed by atoms with Gasteiger partial charge in [-0.15, -0.1) is 0 Å². The second kappa shape index (κ2) is 8.31. The number of fused-ring (bicyclic) bond motifs is 3. The quantitative estimate of drug-likeness (QED) is 0.433. The maximum Gasteiger partial charge on any atom is 0.276 e. The average molecular weight is 475 g/mol. The molecule has 5 rings (SSSR count). The summed E-state index contributed by atoms with van der Waals surface area (Å²) in [5.41, 5.74) is 0.533. The van der Waals surface area contributed by atoms with Crippen LogP contribution >= 0.6 is 0 Å². The summed E-state index contributed by atoms with van der Waals surface area (Å²) in [4.78, 5) is 13.2. The molecule has 2 N–H and O–H groups in total. The highest BCUT2D eigenvalue weighted by molar-refractivity contribution is 7.89. The lowest BCUT2D eigenvalue weighted by atomic mass is 10.0. The minimum atomic E-state index is -4.24. The molecule has 0 saturated heterocycles. The van der Waals surface area contributed by atoms with Gasteiger partial charge in [-0.25, -0.2) is 12.8 Å².